The molecular formula is C24H24FN3O2. The van der Waals surface area contributed by atoms with Crippen LogP contribution in [-0.2, 0) is 6.54 Å². The van der Waals surface area contributed by atoms with E-state index >= 15 is 0 Å². The molecule has 5 rings (SSSR count). The second-order valence-corrected chi connectivity index (χ2v) is 7.91. The van der Waals surface area contributed by atoms with E-state index in [9.17, 15) is 9.18 Å². The molecule has 30 heavy (non-hydrogen) atoms. The van der Waals surface area contributed by atoms with Gasteiger partial charge in [0, 0.05) is 49.2 Å². The summed E-state index contributed by atoms with van der Waals surface area (Å²) in [5, 5.41) is 2.16. The largest absolute Gasteiger partial charge is 0.496 e. The Balaban J connectivity index is 1.25. The molecule has 0 saturated carbocycles. The van der Waals surface area contributed by atoms with E-state index in [1.165, 1.54) is 6.07 Å². The second kappa shape index (κ2) is 7.70. The quantitative estimate of drug-likeness (QED) is 0.648. The number of carbonyl (C=O) groups excluding carboxylic acids is 1. The first-order chi connectivity index (χ1) is 14.6. The number of benzene rings is 3. The minimum absolute atomic E-state index is 0.0775. The SMILES string of the molecule is COc1ccc(F)cc1CN1CCN(CN2C(=O)c3cccc4cccc2c34)CC1. The summed E-state index contributed by atoms with van der Waals surface area (Å²) in [6.45, 7) is 4.67. The van der Waals surface area contributed by atoms with Crippen LogP contribution in [0.15, 0.2) is 54.6 Å². The predicted octanol–water partition coefficient (Wildman–Crippen LogP) is 3.72. The van der Waals surface area contributed by atoms with Crippen molar-refractivity contribution in [2.45, 2.75) is 6.54 Å². The molecule has 5 nitrogen and oxygen atoms in total. The minimum atomic E-state index is -0.245. The minimum Gasteiger partial charge on any atom is -0.496 e. The number of halogens is 1. The van der Waals surface area contributed by atoms with Gasteiger partial charge in [-0.25, -0.2) is 4.39 Å². The monoisotopic (exact) mass is 405 g/mol. The Bertz CT molecular complexity index is 1100. The van der Waals surface area contributed by atoms with Gasteiger partial charge in [-0.15, -0.1) is 0 Å². The number of carbonyl (C=O) groups is 1. The first-order valence-electron chi connectivity index (χ1n) is 10.2. The topological polar surface area (TPSA) is 36.0 Å². The van der Waals surface area contributed by atoms with Crippen molar-refractivity contribution in [3.8, 4) is 5.75 Å². The van der Waals surface area contributed by atoms with Crippen LogP contribution in [0.4, 0.5) is 10.1 Å². The van der Waals surface area contributed by atoms with Crippen molar-refractivity contribution < 1.29 is 13.9 Å². The van der Waals surface area contributed by atoms with Gasteiger partial charge in [0.2, 0.25) is 0 Å². The second-order valence-electron chi connectivity index (χ2n) is 7.91. The standard InChI is InChI=1S/C24H24FN3O2/c1-30-22-9-8-19(25)14-18(22)15-26-10-12-27(13-11-26)16-28-21-7-3-5-17-4-2-6-20(23(17)21)24(28)29/h2-9,14H,10-13,15-16H2,1H3. The van der Waals surface area contributed by atoms with Crippen molar-refractivity contribution in [2.24, 2.45) is 0 Å². The highest BCUT2D eigenvalue weighted by Crippen LogP contribution is 2.37. The number of amides is 1. The third-order valence-electron chi connectivity index (χ3n) is 6.09. The Morgan fingerprint density at radius 2 is 1.70 bits per heavy atom. The summed E-state index contributed by atoms with van der Waals surface area (Å²) < 4.78 is 19.0. The van der Waals surface area contributed by atoms with E-state index in [0.717, 1.165) is 53.8 Å². The lowest BCUT2D eigenvalue weighted by atomic mass is 10.1. The van der Waals surface area contributed by atoms with Crippen molar-refractivity contribution in [1.82, 2.24) is 9.80 Å². The molecule has 2 heterocycles. The van der Waals surface area contributed by atoms with Crippen LogP contribution in [-0.4, -0.2) is 55.7 Å². The number of ether oxygens (including phenoxy) is 1. The van der Waals surface area contributed by atoms with Crippen LogP contribution < -0.4 is 9.64 Å². The molecule has 0 radical (unpaired) electrons. The molecule has 2 aliphatic heterocycles. The molecule has 3 aromatic carbocycles. The Morgan fingerprint density at radius 3 is 2.47 bits per heavy atom. The molecule has 154 valence electrons. The molecule has 1 saturated heterocycles. The first kappa shape index (κ1) is 19.0. The van der Waals surface area contributed by atoms with Crippen LogP contribution in [0.25, 0.3) is 10.8 Å². The molecule has 0 aliphatic carbocycles. The summed E-state index contributed by atoms with van der Waals surface area (Å²) in [5.41, 5.74) is 2.66. The Labute approximate surface area is 175 Å². The number of rotatable bonds is 5. The Hall–Kier alpha value is -2.96. The van der Waals surface area contributed by atoms with E-state index in [4.69, 9.17) is 4.74 Å². The van der Waals surface area contributed by atoms with Crippen molar-refractivity contribution >= 4 is 22.4 Å². The van der Waals surface area contributed by atoms with Crippen LogP contribution in [0.3, 0.4) is 0 Å². The lowest BCUT2D eigenvalue weighted by Gasteiger charge is -2.36. The molecule has 0 N–H and O–H groups in total. The predicted molar refractivity (Wildman–Crippen MR) is 115 cm³/mol. The van der Waals surface area contributed by atoms with Gasteiger partial charge in [0.25, 0.3) is 5.91 Å². The van der Waals surface area contributed by atoms with Crippen molar-refractivity contribution in [2.75, 3.05) is 44.9 Å². The maximum absolute atomic E-state index is 13.6. The highest BCUT2D eigenvalue weighted by atomic mass is 19.1. The van der Waals surface area contributed by atoms with Crippen molar-refractivity contribution in [3.63, 3.8) is 0 Å². The van der Waals surface area contributed by atoms with Gasteiger partial charge in [-0.2, -0.15) is 0 Å². The highest BCUT2D eigenvalue weighted by Gasteiger charge is 2.31. The molecule has 0 bridgehead atoms. The van der Waals surface area contributed by atoms with Crippen LogP contribution in [0, 0.1) is 5.82 Å². The highest BCUT2D eigenvalue weighted by molar-refractivity contribution is 6.24. The zero-order valence-electron chi connectivity index (χ0n) is 17.0. The third-order valence-corrected chi connectivity index (χ3v) is 6.09. The van der Waals surface area contributed by atoms with Gasteiger partial charge in [0.15, 0.2) is 0 Å². The molecular weight excluding hydrogens is 381 g/mol. The number of anilines is 1. The van der Waals surface area contributed by atoms with Gasteiger partial charge in [-0.3, -0.25) is 19.5 Å². The number of hydrogen-bond acceptors (Lipinski definition) is 4. The van der Waals surface area contributed by atoms with Crippen LogP contribution in [0.5, 0.6) is 5.75 Å². The lowest BCUT2D eigenvalue weighted by molar-refractivity contribution is 0.0933. The fraction of sp³-hybridized carbons (Fsp3) is 0.292. The smallest absolute Gasteiger partial charge is 0.260 e. The number of hydrogen-bond donors (Lipinski definition) is 0. The summed E-state index contributed by atoms with van der Waals surface area (Å²) in [4.78, 5) is 19.5. The zero-order valence-corrected chi connectivity index (χ0v) is 17.0. The van der Waals surface area contributed by atoms with E-state index in [0.29, 0.717) is 19.0 Å². The van der Waals surface area contributed by atoms with Crippen molar-refractivity contribution in [3.05, 3.63) is 71.5 Å². The molecule has 1 amide bonds. The average molecular weight is 405 g/mol. The summed E-state index contributed by atoms with van der Waals surface area (Å²) in [7, 11) is 1.61. The van der Waals surface area contributed by atoms with E-state index < -0.39 is 0 Å². The van der Waals surface area contributed by atoms with Gasteiger partial charge < -0.3 is 4.74 Å². The van der Waals surface area contributed by atoms with E-state index in [1.807, 2.05) is 29.2 Å². The average Bonchev–Trinajstić information content (AvgIpc) is 3.03. The number of nitrogens with zero attached hydrogens (tertiary/aromatic N) is 3. The van der Waals surface area contributed by atoms with Gasteiger partial charge in [0.05, 0.1) is 19.5 Å². The Morgan fingerprint density at radius 1 is 0.967 bits per heavy atom. The molecule has 1 fully saturated rings. The maximum Gasteiger partial charge on any atom is 0.260 e. The fourth-order valence-electron chi connectivity index (χ4n) is 4.52. The molecule has 0 aromatic heterocycles. The Kier molecular flexibility index (Phi) is 4.89. The molecule has 0 unspecified atom stereocenters. The van der Waals surface area contributed by atoms with Gasteiger partial charge in [-0.05, 0) is 35.7 Å². The van der Waals surface area contributed by atoms with Crippen molar-refractivity contribution in [1.29, 1.82) is 0 Å². The number of piperazine rings is 1. The van der Waals surface area contributed by atoms with Crippen LogP contribution >= 0.6 is 0 Å². The van der Waals surface area contributed by atoms with Gasteiger partial charge >= 0.3 is 0 Å². The summed E-state index contributed by atoms with van der Waals surface area (Å²) >= 11 is 0. The maximum atomic E-state index is 13.6. The van der Waals surface area contributed by atoms with Crippen LogP contribution in [0.1, 0.15) is 15.9 Å². The number of methoxy groups -OCH3 is 1. The lowest BCUT2D eigenvalue weighted by Crippen LogP contribution is -2.50. The van der Waals surface area contributed by atoms with Gasteiger partial charge in [-0.1, -0.05) is 24.3 Å². The molecule has 0 spiro atoms. The molecule has 3 aromatic rings. The van der Waals surface area contributed by atoms with Crippen LogP contribution in [0.2, 0.25) is 0 Å². The van der Waals surface area contributed by atoms with E-state index in [2.05, 4.69) is 21.9 Å². The van der Waals surface area contributed by atoms with E-state index in [-0.39, 0.29) is 11.7 Å². The molecule has 6 heteroatoms. The summed E-state index contributed by atoms with van der Waals surface area (Å²) in [5.74, 6) is 0.548. The summed E-state index contributed by atoms with van der Waals surface area (Å²) in [6, 6.07) is 16.7. The fourth-order valence-corrected chi connectivity index (χ4v) is 4.52. The normalized spacial score (nSPS) is 17.1. The van der Waals surface area contributed by atoms with E-state index in [1.54, 1.807) is 19.2 Å². The molecule has 0 atom stereocenters. The first-order valence-corrected chi connectivity index (χ1v) is 10.2. The third kappa shape index (κ3) is 3.32. The summed E-state index contributed by atoms with van der Waals surface area (Å²) in [6.07, 6.45) is 0. The van der Waals surface area contributed by atoms with Gasteiger partial charge in [0.1, 0.15) is 11.6 Å². The zero-order chi connectivity index (χ0) is 20.7. The molecule has 2 aliphatic rings.